The third-order valence-corrected chi connectivity index (χ3v) is 2.26. The molecule has 1 aliphatic heterocycles. The molecule has 0 radical (unpaired) electrons. The van der Waals surface area contributed by atoms with Gasteiger partial charge in [-0.1, -0.05) is 12.1 Å². The van der Waals surface area contributed by atoms with Crippen LogP contribution in [0.1, 0.15) is 17.2 Å². The molecule has 0 unspecified atom stereocenters. The maximum atomic E-state index is 12.9. The molecule has 0 aromatic heterocycles. The molecule has 0 bridgehead atoms. The summed E-state index contributed by atoms with van der Waals surface area (Å²) in [5.41, 5.74) is 1.44. The molecular formula is C10H10FNO2. The highest BCUT2D eigenvalue weighted by Gasteiger charge is 2.23. The van der Waals surface area contributed by atoms with Crippen LogP contribution in [0.3, 0.4) is 0 Å². The standard InChI is InChI=1S/C10H10FNO2/c1-6-4-7(2-3-8(6)11)9-5-14-10(13)12-9/h2-4,9H,5H2,1H3,(H,12,13)/t9-/m1/s1. The van der Waals surface area contributed by atoms with E-state index in [9.17, 15) is 9.18 Å². The zero-order valence-electron chi connectivity index (χ0n) is 7.71. The number of hydrogen-bond acceptors (Lipinski definition) is 2. The van der Waals surface area contributed by atoms with Crippen LogP contribution in [0.5, 0.6) is 0 Å². The van der Waals surface area contributed by atoms with Crippen molar-refractivity contribution in [2.75, 3.05) is 6.61 Å². The highest BCUT2D eigenvalue weighted by Crippen LogP contribution is 2.20. The monoisotopic (exact) mass is 195 g/mol. The Morgan fingerprint density at radius 3 is 2.93 bits per heavy atom. The van der Waals surface area contributed by atoms with Crippen molar-refractivity contribution in [1.82, 2.24) is 5.32 Å². The van der Waals surface area contributed by atoms with Crippen molar-refractivity contribution in [3.8, 4) is 0 Å². The SMILES string of the molecule is Cc1cc([C@H]2COC(=O)N2)ccc1F. The van der Waals surface area contributed by atoms with Crippen LogP contribution in [0.4, 0.5) is 9.18 Å². The van der Waals surface area contributed by atoms with E-state index in [0.717, 1.165) is 5.56 Å². The number of amides is 1. The Kier molecular flexibility index (Phi) is 2.11. The number of aryl methyl sites for hydroxylation is 1. The topological polar surface area (TPSA) is 38.3 Å². The number of hydrogen-bond donors (Lipinski definition) is 1. The number of carbonyl (C=O) groups excluding carboxylic acids is 1. The van der Waals surface area contributed by atoms with E-state index in [1.165, 1.54) is 6.07 Å². The van der Waals surface area contributed by atoms with Crippen LogP contribution in [-0.4, -0.2) is 12.7 Å². The average Bonchev–Trinajstić information content (AvgIpc) is 2.57. The summed E-state index contributed by atoms with van der Waals surface area (Å²) in [5.74, 6) is -0.237. The first-order valence-corrected chi connectivity index (χ1v) is 4.36. The van der Waals surface area contributed by atoms with Crippen LogP contribution in [-0.2, 0) is 4.74 Å². The number of carbonyl (C=O) groups is 1. The number of nitrogens with one attached hydrogen (secondary N) is 1. The first-order chi connectivity index (χ1) is 6.66. The van der Waals surface area contributed by atoms with Gasteiger partial charge in [-0.3, -0.25) is 0 Å². The number of cyclic esters (lactones) is 1. The van der Waals surface area contributed by atoms with Gasteiger partial charge in [0.2, 0.25) is 0 Å². The van der Waals surface area contributed by atoms with Crippen molar-refractivity contribution >= 4 is 6.09 Å². The number of rotatable bonds is 1. The first-order valence-electron chi connectivity index (χ1n) is 4.36. The summed E-state index contributed by atoms with van der Waals surface area (Å²) in [6.07, 6.45) is -0.419. The highest BCUT2D eigenvalue weighted by atomic mass is 19.1. The lowest BCUT2D eigenvalue weighted by Gasteiger charge is -2.08. The molecule has 1 amide bonds. The van der Waals surface area contributed by atoms with E-state index in [1.54, 1.807) is 19.1 Å². The van der Waals surface area contributed by atoms with Gasteiger partial charge >= 0.3 is 6.09 Å². The van der Waals surface area contributed by atoms with E-state index in [-0.39, 0.29) is 11.9 Å². The summed E-state index contributed by atoms with van der Waals surface area (Å²) in [4.78, 5) is 10.8. The average molecular weight is 195 g/mol. The molecule has 1 heterocycles. The maximum Gasteiger partial charge on any atom is 0.407 e. The van der Waals surface area contributed by atoms with Gasteiger partial charge in [0.25, 0.3) is 0 Å². The lowest BCUT2D eigenvalue weighted by atomic mass is 10.1. The third-order valence-electron chi connectivity index (χ3n) is 2.26. The molecule has 4 heteroatoms. The number of halogens is 1. The zero-order valence-corrected chi connectivity index (χ0v) is 7.71. The second-order valence-electron chi connectivity index (χ2n) is 3.30. The molecule has 74 valence electrons. The van der Waals surface area contributed by atoms with E-state index in [2.05, 4.69) is 5.32 Å². The minimum Gasteiger partial charge on any atom is -0.447 e. The molecule has 1 fully saturated rings. The van der Waals surface area contributed by atoms with Crippen molar-refractivity contribution in [1.29, 1.82) is 0 Å². The van der Waals surface area contributed by atoms with Crippen molar-refractivity contribution in [2.45, 2.75) is 13.0 Å². The molecule has 1 aliphatic rings. The number of benzene rings is 1. The van der Waals surface area contributed by atoms with Crippen LogP contribution in [0.25, 0.3) is 0 Å². The smallest absolute Gasteiger partial charge is 0.407 e. The Morgan fingerprint density at radius 1 is 1.57 bits per heavy atom. The molecule has 1 saturated heterocycles. The van der Waals surface area contributed by atoms with Crippen LogP contribution < -0.4 is 5.32 Å². The maximum absolute atomic E-state index is 12.9. The molecule has 3 nitrogen and oxygen atoms in total. The third kappa shape index (κ3) is 1.55. The van der Waals surface area contributed by atoms with E-state index >= 15 is 0 Å². The normalized spacial score (nSPS) is 20.4. The van der Waals surface area contributed by atoms with Crippen LogP contribution >= 0.6 is 0 Å². The van der Waals surface area contributed by atoms with Crippen LogP contribution in [0.2, 0.25) is 0 Å². The second-order valence-corrected chi connectivity index (χ2v) is 3.30. The Balaban J connectivity index is 2.24. The zero-order chi connectivity index (χ0) is 10.1. The summed E-state index contributed by atoms with van der Waals surface area (Å²) in [7, 11) is 0. The van der Waals surface area contributed by atoms with Gasteiger partial charge in [-0.25, -0.2) is 9.18 Å². The first kappa shape index (κ1) is 8.99. The van der Waals surface area contributed by atoms with Gasteiger partial charge in [-0.2, -0.15) is 0 Å². The quantitative estimate of drug-likeness (QED) is 0.743. The van der Waals surface area contributed by atoms with Crippen LogP contribution in [0.15, 0.2) is 18.2 Å². The van der Waals surface area contributed by atoms with Gasteiger partial charge in [0, 0.05) is 0 Å². The van der Waals surface area contributed by atoms with E-state index in [1.807, 2.05) is 0 Å². The largest absolute Gasteiger partial charge is 0.447 e. The second kappa shape index (κ2) is 3.29. The van der Waals surface area contributed by atoms with Gasteiger partial charge < -0.3 is 10.1 Å². The van der Waals surface area contributed by atoms with Crippen molar-refractivity contribution in [3.63, 3.8) is 0 Å². The van der Waals surface area contributed by atoms with Gasteiger partial charge in [-0.05, 0) is 24.1 Å². The molecule has 0 spiro atoms. The Hall–Kier alpha value is -1.58. The molecule has 1 aromatic carbocycles. The van der Waals surface area contributed by atoms with Crippen molar-refractivity contribution in [3.05, 3.63) is 35.1 Å². The molecule has 2 rings (SSSR count). The lowest BCUT2D eigenvalue weighted by molar-refractivity contribution is 0.177. The molecule has 1 N–H and O–H groups in total. The highest BCUT2D eigenvalue weighted by molar-refractivity contribution is 5.70. The number of alkyl carbamates (subject to hydrolysis) is 1. The van der Waals surface area contributed by atoms with Crippen molar-refractivity contribution < 1.29 is 13.9 Å². The summed E-state index contributed by atoms with van der Waals surface area (Å²) in [6, 6.07) is 4.62. The summed E-state index contributed by atoms with van der Waals surface area (Å²) in [6.45, 7) is 2.00. The Morgan fingerprint density at radius 2 is 2.36 bits per heavy atom. The van der Waals surface area contributed by atoms with E-state index in [0.29, 0.717) is 12.2 Å². The van der Waals surface area contributed by atoms with Gasteiger partial charge in [0.05, 0.1) is 6.04 Å². The molecule has 0 saturated carbocycles. The number of ether oxygens (including phenoxy) is 1. The van der Waals surface area contributed by atoms with Gasteiger partial charge in [0.15, 0.2) is 0 Å². The Labute approximate surface area is 80.9 Å². The van der Waals surface area contributed by atoms with Crippen molar-refractivity contribution in [2.24, 2.45) is 0 Å². The molecule has 0 aliphatic carbocycles. The molecule has 14 heavy (non-hydrogen) atoms. The molecule has 1 aromatic rings. The molecular weight excluding hydrogens is 185 g/mol. The van der Waals surface area contributed by atoms with E-state index < -0.39 is 6.09 Å². The summed E-state index contributed by atoms with van der Waals surface area (Å²) < 4.78 is 17.7. The van der Waals surface area contributed by atoms with E-state index in [4.69, 9.17) is 4.74 Å². The Bertz CT molecular complexity index is 378. The predicted octanol–water partition coefficient (Wildman–Crippen LogP) is 1.92. The fourth-order valence-electron chi connectivity index (χ4n) is 1.45. The minimum atomic E-state index is -0.419. The predicted molar refractivity (Wildman–Crippen MR) is 48.4 cm³/mol. The van der Waals surface area contributed by atoms with Gasteiger partial charge in [-0.15, -0.1) is 0 Å². The minimum absolute atomic E-state index is 0.151. The fourth-order valence-corrected chi connectivity index (χ4v) is 1.45. The fraction of sp³-hybridized carbons (Fsp3) is 0.300. The summed E-state index contributed by atoms with van der Waals surface area (Å²) in [5, 5.41) is 2.63. The molecule has 1 atom stereocenters. The summed E-state index contributed by atoms with van der Waals surface area (Å²) >= 11 is 0. The lowest BCUT2D eigenvalue weighted by Crippen LogP contribution is -2.18. The van der Waals surface area contributed by atoms with Crippen LogP contribution in [0, 0.1) is 12.7 Å². The van der Waals surface area contributed by atoms with Gasteiger partial charge in [0.1, 0.15) is 12.4 Å².